The van der Waals surface area contributed by atoms with Crippen molar-refractivity contribution in [2.45, 2.75) is 45.6 Å². The molecule has 1 atom stereocenters. The van der Waals surface area contributed by atoms with Gasteiger partial charge in [0, 0.05) is 27.8 Å². The molecule has 0 aliphatic carbocycles. The van der Waals surface area contributed by atoms with Gasteiger partial charge in [-0.05, 0) is 75.1 Å². The Morgan fingerprint density at radius 2 is 2.07 bits per heavy atom. The first-order chi connectivity index (χ1) is 14.2. The zero-order valence-electron chi connectivity index (χ0n) is 17.7. The van der Waals surface area contributed by atoms with Crippen molar-refractivity contribution in [3.05, 3.63) is 57.0 Å². The number of benzene rings is 2. The summed E-state index contributed by atoms with van der Waals surface area (Å²) in [5.74, 6) is 0.694. The fourth-order valence-corrected chi connectivity index (χ4v) is 4.58. The van der Waals surface area contributed by atoms with Crippen molar-refractivity contribution in [3.63, 3.8) is 0 Å². The van der Waals surface area contributed by atoms with Gasteiger partial charge in [-0.2, -0.15) is 5.10 Å². The largest absolute Gasteiger partial charge is 0.484 e. The summed E-state index contributed by atoms with van der Waals surface area (Å²) < 4.78 is 6.39. The first-order valence-corrected chi connectivity index (χ1v) is 11.2. The highest BCUT2D eigenvalue weighted by molar-refractivity contribution is 9.10. The molecule has 0 bridgehead atoms. The lowest BCUT2D eigenvalue weighted by atomic mass is 9.79. The number of halogens is 2. The maximum absolute atomic E-state index is 12.0. The maximum atomic E-state index is 12.0. The minimum absolute atomic E-state index is 0.0862. The number of amides is 1. The Bertz CT molecular complexity index is 944. The summed E-state index contributed by atoms with van der Waals surface area (Å²) in [4.78, 5) is 14.4. The van der Waals surface area contributed by atoms with E-state index in [1.54, 1.807) is 18.3 Å². The normalized spacial score (nSPS) is 17.7. The molecule has 160 valence electrons. The molecule has 5 nitrogen and oxygen atoms in total. The predicted molar refractivity (Wildman–Crippen MR) is 127 cm³/mol. The van der Waals surface area contributed by atoms with Gasteiger partial charge in [0.2, 0.25) is 0 Å². The van der Waals surface area contributed by atoms with Crippen LogP contribution in [0.4, 0.5) is 5.69 Å². The first kappa shape index (κ1) is 22.6. The van der Waals surface area contributed by atoms with Gasteiger partial charge in [0.25, 0.3) is 5.91 Å². The van der Waals surface area contributed by atoms with Crippen molar-refractivity contribution in [1.29, 1.82) is 0 Å². The number of carbonyl (C=O) groups is 1. The second-order valence-corrected chi connectivity index (χ2v) is 9.45. The lowest BCUT2D eigenvalue weighted by Crippen LogP contribution is -2.48. The minimum Gasteiger partial charge on any atom is -0.484 e. The average molecular weight is 493 g/mol. The predicted octanol–water partition coefficient (Wildman–Crippen LogP) is 5.74. The van der Waals surface area contributed by atoms with Crippen LogP contribution in [0.15, 0.2) is 46.0 Å². The van der Waals surface area contributed by atoms with Gasteiger partial charge in [0.05, 0.1) is 11.2 Å². The molecule has 0 aromatic heterocycles. The van der Waals surface area contributed by atoms with Gasteiger partial charge in [0.15, 0.2) is 6.61 Å². The van der Waals surface area contributed by atoms with Crippen LogP contribution in [-0.2, 0) is 4.79 Å². The molecule has 1 amide bonds. The van der Waals surface area contributed by atoms with Crippen molar-refractivity contribution in [3.8, 4) is 5.75 Å². The van der Waals surface area contributed by atoms with Gasteiger partial charge < -0.3 is 9.64 Å². The van der Waals surface area contributed by atoms with Crippen LogP contribution in [0, 0.1) is 0 Å². The van der Waals surface area contributed by atoms with Crippen LogP contribution in [0.2, 0.25) is 5.02 Å². The number of hydrogen-bond acceptors (Lipinski definition) is 4. The lowest BCUT2D eigenvalue weighted by Gasteiger charge is -2.47. The van der Waals surface area contributed by atoms with E-state index in [1.165, 1.54) is 11.3 Å². The van der Waals surface area contributed by atoms with E-state index in [0.29, 0.717) is 16.7 Å². The summed E-state index contributed by atoms with van der Waals surface area (Å²) in [5.41, 5.74) is 5.79. The molecule has 1 unspecified atom stereocenters. The highest BCUT2D eigenvalue weighted by Gasteiger charge is 2.35. The van der Waals surface area contributed by atoms with Crippen LogP contribution < -0.4 is 15.1 Å². The van der Waals surface area contributed by atoms with E-state index in [9.17, 15) is 4.79 Å². The molecule has 0 fully saturated rings. The van der Waals surface area contributed by atoms with Crippen molar-refractivity contribution in [1.82, 2.24) is 5.43 Å². The third kappa shape index (κ3) is 5.16. The number of carbonyl (C=O) groups excluding carboxylic acids is 1. The molecule has 2 aromatic carbocycles. The smallest absolute Gasteiger partial charge is 0.277 e. The van der Waals surface area contributed by atoms with Gasteiger partial charge in [-0.1, -0.05) is 34.5 Å². The van der Waals surface area contributed by atoms with Crippen LogP contribution in [0.3, 0.4) is 0 Å². The number of nitrogens with one attached hydrogen (secondary N) is 1. The number of hydrogen-bond donors (Lipinski definition) is 1. The third-order valence-corrected chi connectivity index (χ3v) is 6.25. The van der Waals surface area contributed by atoms with Gasteiger partial charge in [-0.15, -0.1) is 0 Å². The van der Waals surface area contributed by atoms with E-state index in [-0.39, 0.29) is 18.1 Å². The van der Waals surface area contributed by atoms with E-state index in [0.717, 1.165) is 23.0 Å². The molecule has 3 rings (SSSR count). The van der Waals surface area contributed by atoms with Crippen molar-refractivity contribution < 1.29 is 9.53 Å². The Morgan fingerprint density at radius 1 is 1.37 bits per heavy atom. The number of nitrogens with zero attached hydrogens (tertiary/aromatic N) is 2. The standard InChI is InChI=1S/C23H27BrClN3O2/c1-5-28-21-11-20(25)16(10-19(21)15(2)12-23(28,3)4)13-26-27-22(29)14-30-18-8-6-17(24)7-9-18/h6-11,13,15H,5,12,14H2,1-4H3,(H,27,29)/b26-13-. The summed E-state index contributed by atoms with van der Waals surface area (Å²) in [6, 6.07) is 11.4. The Balaban J connectivity index is 1.66. The Kier molecular flexibility index (Phi) is 7.09. The third-order valence-electron chi connectivity index (χ3n) is 5.40. The summed E-state index contributed by atoms with van der Waals surface area (Å²) in [5, 5.41) is 4.67. The maximum Gasteiger partial charge on any atom is 0.277 e. The van der Waals surface area contributed by atoms with E-state index in [1.807, 2.05) is 18.2 Å². The minimum atomic E-state index is -0.337. The molecule has 1 heterocycles. The Morgan fingerprint density at radius 3 is 2.73 bits per heavy atom. The number of rotatable bonds is 6. The van der Waals surface area contributed by atoms with E-state index in [4.69, 9.17) is 16.3 Å². The molecule has 1 N–H and O–H groups in total. The van der Waals surface area contributed by atoms with Gasteiger partial charge in [0.1, 0.15) is 5.75 Å². The highest BCUT2D eigenvalue weighted by Crippen LogP contribution is 2.44. The highest BCUT2D eigenvalue weighted by atomic mass is 79.9. The molecule has 1 aliphatic rings. The summed E-state index contributed by atoms with van der Waals surface area (Å²) in [6.45, 7) is 9.75. The van der Waals surface area contributed by atoms with E-state index >= 15 is 0 Å². The monoisotopic (exact) mass is 491 g/mol. The first-order valence-electron chi connectivity index (χ1n) is 10.0. The second-order valence-electron chi connectivity index (χ2n) is 8.13. The molecular formula is C23H27BrClN3O2. The summed E-state index contributed by atoms with van der Waals surface area (Å²) in [6.07, 6.45) is 2.65. The van der Waals surface area contributed by atoms with E-state index < -0.39 is 0 Å². The van der Waals surface area contributed by atoms with Crippen molar-refractivity contribution in [2.24, 2.45) is 5.10 Å². The molecule has 30 heavy (non-hydrogen) atoms. The SMILES string of the molecule is CCN1c2cc(Cl)c(/C=N\NC(=O)COc3ccc(Br)cc3)cc2C(C)CC1(C)C. The summed E-state index contributed by atoms with van der Waals surface area (Å²) in [7, 11) is 0. The van der Waals surface area contributed by atoms with Crippen LogP contribution in [0.5, 0.6) is 5.75 Å². The topological polar surface area (TPSA) is 53.9 Å². The Hall–Kier alpha value is -2.05. The molecule has 7 heteroatoms. The molecule has 1 aliphatic heterocycles. The molecule has 0 saturated heterocycles. The lowest BCUT2D eigenvalue weighted by molar-refractivity contribution is -0.123. The average Bonchev–Trinajstić information content (AvgIpc) is 2.68. The van der Waals surface area contributed by atoms with Crippen LogP contribution in [0.1, 0.15) is 51.2 Å². The molecule has 0 radical (unpaired) electrons. The zero-order valence-corrected chi connectivity index (χ0v) is 20.0. The summed E-state index contributed by atoms with van der Waals surface area (Å²) >= 11 is 9.89. The number of anilines is 1. The van der Waals surface area contributed by atoms with Gasteiger partial charge >= 0.3 is 0 Å². The van der Waals surface area contributed by atoms with E-state index in [2.05, 4.69) is 65.1 Å². The Labute approximate surface area is 191 Å². The zero-order chi connectivity index (χ0) is 21.9. The van der Waals surface area contributed by atoms with Crippen LogP contribution in [-0.4, -0.2) is 30.8 Å². The fourth-order valence-electron chi connectivity index (χ4n) is 4.10. The quantitative estimate of drug-likeness (QED) is 0.413. The number of hydrazone groups is 1. The van der Waals surface area contributed by atoms with Gasteiger partial charge in [-0.25, -0.2) is 5.43 Å². The van der Waals surface area contributed by atoms with Gasteiger partial charge in [-0.3, -0.25) is 4.79 Å². The number of fused-ring (bicyclic) bond motifs is 1. The van der Waals surface area contributed by atoms with Crippen LogP contribution in [0.25, 0.3) is 0 Å². The molecule has 0 saturated carbocycles. The molecule has 0 spiro atoms. The second kappa shape index (κ2) is 9.40. The van der Waals surface area contributed by atoms with Crippen LogP contribution >= 0.6 is 27.5 Å². The molecule has 2 aromatic rings. The molecular weight excluding hydrogens is 466 g/mol. The van der Waals surface area contributed by atoms with Crippen molar-refractivity contribution in [2.75, 3.05) is 18.1 Å². The fraction of sp³-hybridized carbons (Fsp3) is 0.391. The number of ether oxygens (including phenoxy) is 1. The van der Waals surface area contributed by atoms with Crippen molar-refractivity contribution >= 4 is 45.3 Å².